The third-order valence-corrected chi connectivity index (χ3v) is 12.5. The topological polar surface area (TPSA) is 78.1 Å². The quantitative estimate of drug-likeness (QED) is 0.0759. The van der Waals surface area contributed by atoms with Crippen LogP contribution in [0.1, 0.15) is 129 Å². The maximum atomic E-state index is 10.8. The van der Waals surface area contributed by atoms with Crippen LogP contribution in [-0.4, -0.2) is 36.5 Å². The van der Waals surface area contributed by atoms with E-state index < -0.39 is 24.3 Å². The number of aliphatic carboxylic acids is 1. The predicted molar refractivity (Wildman–Crippen MR) is 229 cm³/mol. The summed E-state index contributed by atoms with van der Waals surface area (Å²) in [6, 6.07) is 16.6. The Kier molecular flexibility index (Phi) is 15.0. The highest BCUT2D eigenvalue weighted by Crippen LogP contribution is 2.51. The lowest BCUT2D eigenvalue weighted by Gasteiger charge is -2.43. The highest BCUT2D eigenvalue weighted by molar-refractivity contribution is 6.62. The van der Waals surface area contributed by atoms with E-state index in [9.17, 15) is 4.79 Å². The van der Waals surface area contributed by atoms with Crippen LogP contribution >= 0.6 is 11.6 Å². The number of pyridine rings is 1. The molecule has 56 heavy (non-hydrogen) atoms. The number of unbranched alkanes of at least 4 members (excludes halogenated alkanes) is 2. The van der Waals surface area contributed by atoms with Gasteiger partial charge in [0.1, 0.15) is 24.7 Å². The molecule has 1 aliphatic heterocycles. The van der Waals surface area contributed by atoms with Crippen molar-refractivity contribution in [3.8, 4) is 5.75 Å². The van der Waals surface area contributed by atoms with Crippen molar-refractivity contribution in [3.63, 3.8) is 0 Å². The van der Waals surface area contributed by atoms with Gasteiger partial charge in [0.05, 0.1) is 23.3 Å². The van der Waals surface area contributed by atoms with E-state index in [1.165, 1.54) is 31.3 Å². The Bertz CT molecular complexity index is 1820. The third-order valence-electron chi connectivity index (χ3n) is 12.1. The van der Waals surface area contributed by atoms with Gasteiger partial charge in [0.15, 0.2) is 12.4 Å². The van der Waals surface area contributed by atoms with Crippen molar-refractivity contribution in [1.29, 1.82) is 0 Å². The molecule has 2 bridgehead atoms. The van der Waals surface area contributed by atoms with E-state index in [1.807, 2.05) is 26.0 Å². The molecule has 0 spiro atoms. The summed E-state index contributed by atoms with van der Waals surface area (Å²) in [7, 11) is 1.35. The van der Waals surface area contributed by atoms with Gasteiger partial charge in [-0.05, 0) is 118 Å². The number of fused-ring (bicyclic) bond motifs is 2. The summed E-state index contributed by atoms with van der Waals surface area (Å²) in [5.41, 5.74) is 5.39. The normalized spacial score (nSPS) is 23.4. The molecule has 6 rings (SSSR count). The molecule has 0 radical (unpaired) electrons. The van der Waals surface area contributed by atoms with E-state index in [1.54, 1.807) is 7.11 Å². The van der Waals surface area contributed by atoms with E-state index in [0.29, 0.717) is 41.6 Å². The Morgan fingerprint density at radius 1 is 0.911 bits per heavy atom. The lowest BCUT2D eigenvalue weighted by Crippen LogP contribution is -2.41. The number of hydrogen-bond acceptors (Lipinski definition) is 5. The van der Waals surface area contributed by atoms with E-state index in [4.69, 9.17) is 35.5 Å². The second-order valence-electron chi connectivity index (χ2n) is 16.9. The molecule has 0 amide bonds. The van der Waals surface area contributed by atoms with Gasteiger partial charge in [0.25, 0.3) is 0 Å². The average molecular weight is 785 g/mol. The summed E-state index contributed by atoms with van der Waals surface area (Å²) >= 11 is 7.40. The minimum absolute atomic E-state index is 0.226. The molecule has 2 aromatic carbocycles. The summed E-state index contributed by atoms with van der Waals surface area (Å²) in [6.07, 6.45) is 16.0. The Balaban J connectivity index is 0.00000295. The summed E-state index contributed by atoms with van der Waals surface area (Å²) in [4.78, 5) is 10.8. The van der Waals surface area contributed by atoms with Crippen LogP contribution in [0.15, 0.2) is 66.5 Å². The van der Waals surface area contributed by atoms with Crippen molar-refractivity contribution in [2.75, 3.05) is 7.11 Å². The number of benzene rings is 2. The van der Waals surface area contributed by atoms with E-state index in [0.717, 1.165) is 58.8 Å². The Hall–Kier alpha value is -3.59. The first kappa shape index (κ1) is 43.5. The standard InChI is InChI=1S/C45H57BClNO6.C2H6/c1-30-25-34-27-31(2)40(36(26-30)28-34)43(51-7)38-19-16-35(15-12-32-20-23-48(24-21-32)22-10-8-9-11-39(49)50)42(41(38)47)52-29-33-13-17-37(18-14-33)46-53-44(3,4)45(5,6)54-46;1-2/h12-21,23-24,30-31,34,36H,8-11,22,25-29H2,1-7H3;1-2H3/p+1/b15-12+,43-40-;. The fourth-order valence-corrected chi connectivity index (χ4v) is 8.92. The minimum atomic E-state index is -0.733. The van der Waals surface area contributed by atoms with Gasteiger partial charge in [0.2, 0.25) is 0 Å². The largest absolute Gasteiger partial charge is 0.496 e. The van der Waals surface area contributed by atoms with Crippen LogP contribution in [0, 0.1) is 23.7 Å². The first-order valence-corrected chi connectivity index (χ1v) is 21.2. The van der Waals surface area contributed by atoms with Gasteiger partial charge >= 0.3 is 13.1 Å². The highest BCUT2D eigenvalue weighted by Gasteiger charge is 2.51. The summed E-state index contributed by atoms with van der Waals surface area (Å²) in [5, 5.41) is 9.44. The lowest BCUT2D eigenvalue weighted by atomic mass is 9.62. The lowest BCUT2D eigenvalue weighted by molar-refractivity contribution is -0.697. The van der Waals surface area contributed by atoms with Crippen LogP contribution in [0.5, 0.6) is 5.75 Å². The molecule has 4 unspecified atom stereocenters. The van der Waals surface area contributed by atoms with Crippen LogP contribution in [0.2, 0.25) is 5.02 Å². The number of methoxy groups -OCH3 is 1. The van der Waals surface area contributed by atoms with Gasteiger partial charge in [-0.15, -0.1) is 0 Å². The average Bonchev–Trinajstić information content (AvgIpc) is 3.39. The summed E-state index contributed by atoms with van der Waals surface area (Å²) < 4.78 is 27.6. The molecule has 1 aromatic heterocycles. The fourth-order valence-electron chi connectivity index (χ4n) is 8.61. The van der Waals surface area contributed by atoms with Crippen molar-refractivity contribution < 1.29 is 33.3 Å². The van der Waals surface area contributed by atoms with Gasteiger partial charge in [-0.3, -0.25) is 4.79 Å². The Morgan fingerprint density at radius 3 is 2.23 bits per heavy atom. The van der Waals surface area contributed by atoms with Crippen LogP contribution in [0.3, 0.4) is 0 Å². The summed E-state index contributed by atoms with van der Waals surface area (Å²) in [5.74, 6) is 3.22. The Labute approximate surface area is 341 Å². The van der Waals surface area contributed by atoms with Crippen molar-refractivity contribution >= 4 is 48.1 Å². The van der Waals surface area contributed by atoms with Crippen molar-refractivity contribution in [2.24, 2.45) is 23.7 Å². The second-order valence-corrected chi connectivity index (χ2v) is 17.2. The number of carboxylic acids is 1. The zero-order valence-corrected chi connectivity index (χ0v) is 36.0. The molecular formula is C47H64BClNO6+. The SMILES string of the molecule is CC.CO/C(=C1/C(C)CC2CC(C)CC1C2)c1ccc(/C=C/c2cc[n+](CCCCCC(=O)O)cc2)c(OCc2ccc(B3OC(C)(C)C(C)(C)O3)cc2)c1Cl. The molecule has 1 N–H and O–H groups in total. The van der Waals surface area contributed by atoms with E-state index in [2.05, 4.69) is 107 Å². The van der Waals surface area contributed by atoms with Crippen LogP contribution in [0.25, 0.3) is 17.9 Å². The number of ether oxygens (including phenoxy) is 2. The number of carboxylic acid groups (broad SMARTS) is 1. The molecule has 9 heteroatoms. The molecule has 2 aliphatic carbocycles. The molecule has 3 aliphatic rings. The molecule has 1 saturated heterocycles. The number of aromatic nitrogens is 1. The maximum Gasteiger partial charge on any atom is 0.494 e. The van der Waals surface area contributed by atoms with Gasteiger partial charge in [0, 0.05) is 36.1 Å². The minimum Gasteiger partial charge on any atom is -0.496 e. The number of halogens is 1. The first-order chi connectivity index (χ1) is 26.7. The van der Waals surface area contributed by atoms with Crippen molar-refractivity contribution in [3.05, 3.63) is 93.8 Å². The van der Waals surface area contributed by atoms with Crippen LogP contribution < -0.4 is 14.8 Å². The molecule has 302 valence electrons. The van der Waals surface area contributed by atoms with Crippen molar-refractivity contribution in [1.82, 2.24) is 0 Å². The second kappa shape index (κ2) is 19.2. The smallest absolute Gasteiger partial charge is 0.494 e. The van der Waals surface area contributed by atoms with Gasteiger partial charge in [-0.25, -0.2) is 4.57 Å². The first-order valence-electron chi connectivity index (χ1n) is 20.8. The Morgan fingerprint density at radius 2 is 1.59 bits per heavy atom. The summed E-state index contributed by atoms with van der Waals surface area (Å²) in [6.45, 7) is 18.2. The molecule has 2 saturated carbocycles. The zero-order chi connectivity index (χ0) is 40.6. The van der Waals surface area contributed by atoms with E-state index >= 15 is 0 Å². The van der Waals surface area contributed by atoms with E-state index in [-0.39, 0.29) is 6.42 Å². The van der Waals surface area contributed by atoms with Crippen LogP contribution in [0.4, 0.5) is 0 Å². The number of hydrogen-bond donors (Lipinski definition) is 1. The monoisotopic (exact) mass is 784 g/mol. The molecule has 7 nitrogen and oxygen atoms in total. The maximum absolute atomic E-state index is 10.8. The number of allylic oxidation sites excluding steroid dienone is 1. The van der Waals surface area contributed by atoms with Crippen molar-refractivity contribution in [2.45, 2.75) is 131 Å². The number of carbonyl (C=O) groups is 1. The van der Waals surface area contributed by atoms with Gasteiger partial charge < -0.3 is 23.9 Å². The number of nitrogens with zero attached hydrogens (tertiary/aromatic N) is 1. The number of aryl methyl sites for hydroxylation is 1. The number of rotatable bonds is 14. The fraction of sp³-hybridized carbons (Fsp3) is 0.532. The molecule has 4 atom stereocenters. The molecule has 3 fully saturated rings. The zero-order valence-electron chi connectivity index (χ0n) is 35.2. The predicted octanol–water partition coefficient (Wildman–Crippen LogP) is 10.8. The molecular weight excluding hydrogens is 721 g/mol. The molecule has 2 heterocycles. The van der Waals surface area contributed by atoms with Gasteiger partial charge in [-0.2, -0.15) is 0 Å². The van der Waals surface area contributed by atoms with Crippen LogP contribution in [-0.2, 0) is 32.0 Å². The highest BCUT2D eigenvalue weighted by atomic mass is 35.5. The third kappa shape index (κ3) is 10.5. The van der Waals surface area contributed by atoms with Gasteiger partial charge in [-0.1, -0.05) is 81.8 Å². The molecule has 3 aromatic rings.